The van der Waals surface area contributed by atoms with Gasteiger partial charge in [-0.25, -0.2) is 4.98 Å². The quantitative estimate of drug-likeness (QED) is 0.683. The van der Waals surface area contributed by atoms with Crippen molar-refractivity contribution in [1.82, 2.24) is 9.38 Å². The van der Waals surface area contributed by atoms with Gasteiger partial charge in [-0.05, 0) is 19.1 Å². The van der Waals surface area contributed by atoms with Gasteiger partial charge in [0.1, 0.15) is 5.82 Å². The van der Waals surface area contributed by atoms with Crippen LogP contribution in [0.25, 0.3) is 5.52 Å². The molecule has 0 aliphatic carbocycles. The molecule has 0 amide bonds. The summed E-state index contributed by atoms with van der Waals surface area (Å²) in [6.45, 7) is 4.14. The average Bonchev–Trinajstić information content (AvgIpc) is 2.45. The maximum Gasteiger partial charge on any atom is 0.155 e. The SMILES string of the molecule is CCc1nc(Cl)c2cccc(C)n12. The van der Waals surface area contributed by atoms with Crippen molar-refractivity contribution >= 4 is 17.1 Å². The van der Waals surface area contributed by atoms with Crippen molar-refractivity contribution in [3.05, 3.63) is 34.9 Å². The van der Waals surface area contributed by atoms with Gasteiger partial charge in [0.15, 0.2) is 5.15 Å². The first-order chi connectivity index (χ1) is 6.24. The monoisotopic (exact) mass is 194 g/mol. The molecular weight excluding hydrogens is 184 g/mol. The Hall–Kier alpha value is -1.02. The van der Waals surface area contributed by atoms with Gasteiger partial charge in [0, 0.05) is 12.1 Å². The minimum Gasteiger partial charge on any atom is -0.299 e. The van der Waals surface area contributed by atoms with E-state index in [1.807, 2.05) is 12.1 Å². The Morgan fingerprint density at radius 2 is 2.23 bits per heavy atom. The van der Waals surface area contributed by atoms with Crippen molar-refractivity contribution in [3.8, 4) is 0 Å². The zero-order chi connectivity index (χ0) is 9.42. The van der Waals surface area contributed by atoms with E-state index in [1.165, 1.54) is 5.69 Å². The topological polar surface area (TPSA) is 17.3 Å². The van der Waals surface area contributed by atoms with Crippen molar-refractivity contribution < 1.29 is 0 Å². The Bertz CT molecular complexity index is 445. The predicted molar refractivity (Wildman–Crippen MR) is 54.3 cm³/mol. The van der Waals surface area contributed by atoms with E-state index in [-0.39, 0.29) is 0 Å². The summed E-state index contributed by atoms with van der Waals surface area (Å²) in [5.41, 5.74) is 2.17. The number of hydrogen-bond acceptors (Lipinski definition) is 1. The highest BCUT2D eigenvalue weighted by molar-refractivity contribution is 6.32. The lowest BCUT2D eigenvalue weighted by Crippen LogP contribution is -1.95. The number of aryl methyl sites for hydroxylation is 2. The highest BCUT2D eigenvalue weighted by Crippen LogP contribution is 2.19. The fourth-order valence-corrected chi connectivity index (χ4v) is 1.82. The Labute approximate surface area is 82.2 Å². The van der Waals surface area contributed by atoms with E-state index in [9.17, 15) is 0 Å². The molecule has 2 nitrogen and oxygen atoms in total. The molecule has 0 aliphatic rings. The summed E-state index contributed by atoms with van der Waals surface area (Å²) in [6.07, 6.45) is 0.902. The first kappa shape index (κ1) is 8.57. The van der Waals surface area contributed by atoms with E-state index in [1.54, 1.807) is 0 Å². The zero-order valence-electron chi connectivity index (χ0n) is 7.71. The highest BCUT2D eigenvalue weighted by Gasteiger charge is 2.08. The van der Waals surface area contributed by atoms with Crippen molar-refractivity contribution in [3.63, 3.8) is 0 Å². The normalized spacial score (nSPS) is 11.0. The van der Waals surface area contributed by atoms with Crippen LogP contribution in [-0.4, -0.2) is 9.38 Å². The second-order valence-electron chi connectivity index (χ2n) is 3.06. The molecule has 0 unspecified atom stereocenters. The third-order valence-corrected chi connectivity index (χ3v) is 2.48. The van der Waals surface area contributed by atoms with E-state index in [4.69, 9.17) is 11.6 Å². The summed E-state index contributed by atoms with van der Waals surface area (Å²) >= 11 is 6.00. The number of aromatic nitrogens is 2. The lowest BCUT2D eigenvalue weighted by atomic mass is 10.3. The average molecular weight is 195 g/mol. The van der Waals surface area contributed by atoms with Crippen LogP contribution in [-0.2, 0) is 6.42 Å². The van der Waals surface area contributed by atoms with Gasteiger partial charge >= 0.3 is 0 Å². The van der Waals surface area contributed by atoms with Gasteiger partial charge in [0.05, 0.1) is 5.52 Å². The van der Waals surface area contributed by atoms with Crippen molar-refractivity contribution in [2.24, 2.45) is 0 Å². The lowest BCUT2D eigenvalue weighted by molar-refractivity contribution is 0.909. The van der Waals surface area contributed by atoms with E-state index >= 15 is 0 Å². The van der Waals surface area contributed by atoms with Gasteiger partial charge in [-0.15, -0.1) is 0 Å². The number of halogens is 1. The summed E-state index contributed by atoms with van der Waals surface area (Å²) in [5, 5.41) is 0.598. The van der Waals surface area contributed by atoms with Crippen LogP contribution in [0.2, 0.25) is 5.15 Å². The van der Waals surface area contributed by atoms with Gasteiger partial charge in [-0.1, -0.05) is 24.6 Å². The standard InChI is InChI=1S/C10H11ClN2/c1-3-9-12-10(11)8-6-4-5-7(2)13(8)9/h4-6H,3H2,1-2H3. The molecule has 13 heavy (non-hydrogen) atoms. The number of rotatable bonds is 1. The fraction of sp³-hybridized carbons (Fsp3) is 0.300. The smallest absolute Gasteiger partial charge is 0.155 e. The summed E-state index contributed by atoms with van der Waals surface area (Å²) in [4.78, 5) is 4.30. The minimum atomic E-state index is 0.598. The summed E-state index contributed by atoms with van der Waals surface area (Å²) < 4.78 is 2.10. The van der Waals surface area contributed by atoms with Crippen LogP contribution in [0.3, 0.4) is 0 Å². The van der Waals surface area contributed by atoms with Gasteiger partial charge in [0.2, 0.25) is 0 Å². The summed E-state index contributed by atoms with van der Waals surface area (Å²) in [7, 11) is 0. The van der Waals surface area contributed by atoms with E-state index in [2.05, 4.69) is 29.3 Å². The van der Waals surface area contributed by atoms with Gasteiger partial charge in [0.25, 0.3) is 0 Å². The number of imidazole rings is 1. The Kier molecular flexibility index (Phi) is 2.00. The molecule has 0 spiro atoms. The maximum atomic E-state index is 6.00. The van der Waals surface area contributed by atoms with Crippen LogP contribution < -0.4 is 0 Å². The Morgan fingerprint density at radius 1 is 1.46 bits per heavy atom. The van der Waals surface area contributed by atoms with Crippen LogP contribution in [0, 0.1) is 6.92 Å². The number of fused-ring (bicyclic) bond motifs is 1. The molecule has 0 saturated carbocycles. The van der Waals surface area contributed by atoms with Crippen LogP contribution in [0.4, 0.5) is 0 Å². The first-order valence-corrected chi connectivity index (χ1v) is 4.74. The molecule has 0 atom stereocenters. The van der Waals surface area contributed by atoms with Gasteiger partial charge < -0.3 is 0 Å². The highest BCUT2D eigenvalue weighted by atomic mass is 35.5. The fourth-order valence-electron chi connectivity index (χ4n) is 1.58. The molecule has 0 aliphatic heterocycles. The molecular formula is C10H11ClN2. The number of nitrogens with zero attached hydrogens (tertiary/aromatic N) is 2. The molecule has 0 saturated heterocycles. The van der Waals surface area contributed by atoms with E-state index in [0.29, 0.717) is 5.15 Å². The molecule has 3 heteroatoms. The third-order valence-electron chi connectivity index (χ3n) is 2.20. The molecule has 0 radical (unpaired) electrons. The maximum absolute atomic E-state index is 6.00. The second kappa shape index (κ2) is 3.04. The summed E-state index contributed by atoms with van der Waals surface area (Å²) in [5.74, 6) is 1.03. The molecule has 2 heterocycles. The van der Waals surface area contributed by atoms with Gasteiger partial charge in [-0.3, -0.25) is 4.40 Å². The number of pyridine rings is 1. The van der Waals surface area contributed by atoms with E-state index in [0.717, 1.165) is 17.8 Å². The minimum absolute atomic E-state index is 0.598. The van der Waals surface area contributed by atoms with E-state index < -0.39 is 0 Å². The Balaban J connectivity index is 2.89. The largest absolute Gasteiger partial charge is 0.299 e. The van der Waals surface area contributed by atoms with Crippen molar-refractivity contribution in [2.45, 2.75) is 20.3 Å². The van der Waals surface area contributed by atoms with Crippen molar-refractivity contribution in [1.29, 1.82) is 0 Å². The molecule has 0 bridgehead atoms. The van der Waals surface area contributed by atoms with Crippen LogP contribution in [0.1, 0.15) is 18.4 Å². The third kappa shape index (κ3) is 1.22. The molecule has 2 aromatic heterocycles. The van der Waals surface area contributed by atoms with Crippen LogP contribution in [0.15, 0.2) is 18.2 Å². The number of hydrogen-bond donors (Lipinski definition) is 0. The molecule has 68 valence electrons. The molecule has 2 rings (SSSR count). The molecule has 0 N–H and O–H groups in total. The lowest BCUT2D eigenvalue weighted by Gasteiger charge is -2.01. The summed E-state index contributed by atoms with van der Waals surface area (Å²) in [6, 6.07) is 6.04. The predicted octanol–water partition coefficient (Wildman–Crippen LogP) is 2.86. The van der Waals surface area contributed by atoms with Crippen molar-refractivity contribution in [2.75, 3.05) is 0 Å². The van der Waals surface area contributed by atoms with Crippen LogP contribution in [0.5, 0.6) is 0 Å². The molecule has 0 aromatic carbocycles. The Morgan fingerprint density at radius 3 is 2.92 bits per heavy atom. The first-order valence-electron chi connectivity index (χ1n) is 4.36. The van der Waals surface area contributed by atoms with Crippen LogP contribution >= 0.6 is 11.6 Å². The molecule has 2 aromatic rings. The second-order valence-corrected chi connectivity index (χ2v) is 3.42. The molecule has 0 fully saturated rings. The van der Waals surface area contributed by atoms with Gasteiger partial charge in [-0.2, -0.15) is 0 Å². The zero-order valence-corrected chi connectivity index (χ0v) is 8.47.